The van der Waals surface area contributed by atoms with Crippen molar-refractivity contribution in [1.82, 2.24) is 19.4 Å². The number of rotatable bonds is 16. The van der Waals surface area contributed by atoms with Crippen LogP contribution in [0.4, 0.5) is 19.1 Å². The Morgan fingerprint density at radius 3 is 2.20 bits per heavy atom. The van der Waals surface area contributed by atoms with Crippen LogP contribution in [0.3, 0.4) is 0 Å². The van der Waals surface area contributed by atoms with E-state index in [-0.39, 0.29) is 29.6 Å². The molecule has 4 aromatic carbocycles. The maximum absolute atomic E-state index is 13.3. The van der Waals surface area contributed by atoms with E-state index in [0.29, 0.717) is 31.9 Å². The first-order chi connectivity index (χ1) is 26.0. The largest absolute Gasteiger partial charge is 0.416 e. The van der Waals surface area contributed by atoms with Crippen LogP contribution >= 0.6 is 0 Å². The molecule has 0 unspecified atom stereocenters. The van der Waals surface area contributed by atoms with E-state index in [1.807, 2.05) is 55.5 Å². The maximum Gasteiger partial charge on any atom is 0.416 e. The first kappa shape index (κ1) is 39.1. The predicted octanol–water partition coefficient (Wildman–Crippen LogP) is 6.16. The summed E-state index contributed by atoms with van der Waals surface area (Å²) in [5.41, 5.74) is 3.13. The highest BCUT2D eigenvalue weighted by Crippen LogP contribution is 2.30. The fourth-order valence-corrected chi connectivity index (χ4v) is 6.97. The second-order valence-electron chi connectivity index (χ2n) is 12.9. The molecule has 1 amide bonds. The Morgan fingerprint density at radius 2 is 1.48 bits per heavy atom. The molecule has 0 radical (unpaired) electrons. The quantitative estimate of drug-likeness (QED) is 0.0932. The normalized spacial score (nSPS) is 14.4. The van der Waals surface area contributed by atoms with Gasteiger partial charge < -0.3 is 9.47 Å². The zero-order valence-electron chi connectivity index (χ0n) is 29.8. The molecule has 1 aliphatic heterocycles. The molecule has 0 saturated carbocycles. The first-order valence-corrected chi connectivity index (χ1v) is 19.0. The minimum Gasteiger partial charge on any atom is -0.378 e. The number of benzene rings is 4. The summed E-state index contributed by atoms with van der Waals surface area (Å²) in [4.78, 5) is 22.7. The van der Waals surface area contributed by atoms with Crippen molar-refractivity contribution >= 4 is 33.0 Å². The number of nitrogens with one attached hydrogen (secondary N) is 1. The number of alkyl halides is 3. The molecular weight excluding hydrogens is 724 g/mol. The Hall–Kier alpha value is -4.64. The predicted molar refractivity (Wildman–Crippen MR) is 198 cm³/mol. The summed E-state index contributed by atoms with van der Waals surface area (Å²) in [7, 11) is -3.81. The molecule has 1 aliphatic rings. The number of hydrogen-bond donors (Lipinski definition) is 1. The zero-order chi connectivity index (χ0) is 38.1. The molecule has 6 rings (SSSR count). The van der Waals surface area contributed by atoms with Gasteiger partial charge in [-0.05, 0) is 67.1 Å². The number of nitrogens with zero attached hydrogens (tertiary/aromatic N) is 4. The Labute approximate surface area is 312 Å². The number of halogens is 3. The average molecular weight is 766 g/mol. The molecule has 15 heteroatoms. The highest BCUT2D eigenvalue weighted by Gasteiger charge is 2.31. The number of piperazine rings is 1. The summed E-state index contributed by atoms with van der Waals surface area (Å²) in [5, 5.41) is 2.73. The topological polar surface area (TPSA) is 115 Å². The number of amides is 1. The number of carbonyl (C=O) groups excluding carboxylic acids is 1. The number of para-hydroxylation sites is 1. The van der Waals surface area contributed by atoms with Gasteiger partial charge in [-0.2, -0.15) is 21.6 Å². The highest BCUT2D eigenvalue weighted by molar-refractivity contribution is 7.86. The number of aromatic nitrogens is 2. The van der Waals surface area contributed by atoms with Gasteiger partial charge in [-0.25, -0.2) is 4.98 Å². The lowest BCUT2D eigenvalue weighted by atomic mass is 10.1. The lowest BCUT2D eigenvalue weighted by molar-refractivity contribution is -0.137. The summed E-state index contributed by atoms with van der Waals surface area (Å²) >= 11 is 0. The van der Waals surface area contributed by atoms with Crippen LogP contribution in [0.2, 0.25) is 0 Å². The van der Waals surface area contributed by atoms with Gasteiger partial charge in [0.2, 0.25) is 5.95 Å². The molecule has 11 nitrogen and oxygen atoms in total. The van der Waals surface area contributed by atoms with Crippen LogP contribution in [-0.2, 0) is 36.5 Å². The zero-order valence-corrected chi connectivity index (χ0v) is 30.6. The second-order valence-corrected chi connectivity index (χ2v) is 14.5. The SMILES string of the molecule is Cc1ccc(S(=O)(=O)OCCOCCOCCN2CCN(Cc3ccc4c(c3)nc(NC(=O)c3cccc(C(F)(F)F)c3)n4-c3ccccc3)CC2)cc1. The average Bonchev–Trinajstić information content (AvgIpc) is 3.52. The van der Waals surface area contributed by atoms with E-state index < -0.39 is 27.8 Å². The molecule has 2 heterocycles. The third-order valence-corrected chi connectivity index (χ3v) is 10.3. The first-order valence-electron chi connectivity index (χ1n) is 17.6. The monoisotopic (exact) mass is 765 g/mol. The number of hydrogen-bond acceptors (Lipinski definition) is 9. The van der Waals surface area contributed by atoms with Crippen LogP contribution < -0.4 is 5.32 Å². The molecule has 0 atom stereocenters. The Kier molecular flexibility index (Phi) is 12.8. The standard InChI is InChI=1S/C39H42F3N5O6S/c1-29-10-13-34(14-11-29)54(49,50)53-25-24-52-23-22-51-21-20-45-16-18-46(19-17-45)28-30-12-15-36-35(26-30)43-38(47(36)33-8-3-2-4-9-33)44-37(48)31-6-5-7-32(27-31)39(40,41)42/h2-15,26-27H,16-25,28H2,1H3,(H,43,44,48). The molecule has 0 spiro atoms. The molecule has 1 N–H and O–H groups in total. The number of carbonyl (C=O) groups is 1. The fraction of sp³-hybridized carbons (Fsp3) is 0.333. The molecule has 54 heavy (non-hydrogen) atoms. The molecule has 0 aliphatic carbocycles. The van der Waals surface area contributed by atoms with Crippen molar-refractivity contribution in [2.45, 2.75) is 24.5 Å². The van der Waals surface area contributed by atoms with Crippen molar-refractivity contribution in [1.29, 1.82) is 0 Å². The van der Waals surface area contributed by atoms with Crippen LogP contribution in [0, 0.1) is 6.92 Å². The highest BCUT2D eigenvalue weighted by atomic mass is 32.2. The van der Waals surface area contributed by atoms with Gasteiger partial charge in [0.15, 0.2) is 0 Å². The minimum absolute atomic E-state index is 0.0725. The maximum atomic E-state index is 13.3. The van der Waals surface area contributed by atoms with Crippen molar-refractivity contribution in [3.63, 3.8) is 0 Å². The van der Waals surface area contributed by atoms with E-state index in [0.717, 1.165) is 67.2 Å². The van der Waals surface area contributed by atoms with Gasteiger partial charge in [0, 0.05) is 50.5 Å². The second kappa shape index (κ2) is 17.7. The summed E-state index contributed by atoms with van der Waals surface area (Å²) in [6, 6.07) is 26.1. The molecular formula is C39H42F3N5O6S. The van der Waals surface area contributed by atoms with Crippen molar-refractivity contribution in [2.75, 3.05) is 71.1 Å². The van der Waals surface area contributed by atoms with Gasteiger partial charge >= 0.3 is 6.18 Å². The molecule has 286 valence electrons. The van der Waals surface area contributed by atoms with E-state index in [1.54, 1.807) is 16.7 Å². The molecule has 0 bridgehead atoms. The van der Waals surface area contributed by atoms with Crippen molar-refractivity contribution in [3.8, 4) is 5.69 Å². The van der Waals surface area contributed by atoms with Gasteiger partial charge in [-0.15, -0.1) is 0 Å². The third kappa shape index (κ3) is 10.3. The molecule has 1 fully saturated rings. The lowest BCUT2D eigenvalue weighted by Gasteiger charge is -2.34. The van der Waals surface area contributed by atoms with Gasteiger partial charge in [0.05, 0.1) is 54.5 Å². The lowest BCUT2D eigenvalue weighted by Crippen LogP contribution is -2.46. The smallest absolute Gasteiger partial charge is 0.378 e. The summed E-state index contributed by atoms with van der Waals surface area (Å²) in [5.74, 6) is -0.489. The third-order valence-electron chi connectivity index (χ3n) is 8.98. The van der Waals surface area contributed by atoms with Crippen molar-refractivity contribution in [2.24, 2.45) is 0 Å². The van der Waals surface area contributed by atoms with Crippen molar-refractivity contribution in [3.05, 3.63) is 119 Å². The van der Waals surface area contributed by atoms with Crippen molar-refractivity contribution < 1.29 is 40.0 Å². The van der Waals surface area contributed by atoms with E-state index in [2.05, 4.69) is 15.1 Å². The fourth-order valence-electron chi connectivity index (χ4n) is 6.08. The van der Waals surface area contributed by atoms with Gasteiger partial charge in [-0.3, -0.25) is 28.7 Å². The van der Waals surface area contributed by atoms with Crippen LogP contribution in [0.1, 0.15) is 27.0 Å². The molecule has 5 aromatic rings. The Bertz CT molecular complexity index is 2120. The van der Waals surface area contributed by atoms with Gasteiger partial charge in [0.1, 0.15) is 0 Å². The van der Waals surface area contributed by atoms with Crippen LogP contribution in [0.15, 0.2) is 102 Å². The minimum atomic E-state index is -4.57. The van der Waals surface area contributed by atoms with E-state index >= 15 is 0 Å². The molecule has 1 saturated heterocycles. The number of ether oxygens (including phenoxy) is 2. The Morgan fingerprint density at radius 1 is 0.796 bits per heavy atom. The number of anilines is 1. The summed E-state index contributed by atoms with van der Waals surface area (Å²) in [6.07, 6.45) is -4.57. The summed E-state index contributed by atoms with van der Waals surface area (Å²) in [6.45, 7) is 8.20. The Balaban J connectivity index is 0.952. The van der Waals surface area contributed by atoms with Gasteiger partial charge in [0.25, 0.3) is 16.0 Å². The summed E-state index contributed by atoms with van der Waals surface area (Å²) < 4.78 is 82.4. The van der Waals surface area contributed by atoms with Crippen LogP contribution in [0.25, 0.3) is 16.7 Å². The van der Waals surface area contributed by atoms with E-state index in [9.17, 15) is 26.4 Å². The molecule has 1 aromatic heterocycles. The number of imidazole rings is 1. The van der Waals surface area contributed by atoms with Crippen LogP contribution in [0.5, 0.6) is 0 Å². The van der Waals surface area contributed by atoms with E-state index in [4.69, 9.17) is 18.6 Å². The van der Waals surface area contributed by atoms with Gasteiger partial charge in [-0.1, -0.05) is 48.0 Å². The van der Waals surface area contributed by atoms with Crippen LogP contribution in [-0.4, -0.2) is 99.4 Å². The number of fused-ring (bicyclic) bond motifs is 1. The van der Waals surface area contributed by atoms with E-state index in [1.165, 1.54) is 24.3 Å². The number of aryl methyl sites for hydroxylation is 1.